The predicted octanol–water partition coefficient (Wildman–Crippen LogP) is 5.06. The maximum atomic E-state index is 8.61. The van der Waals surface area contributed by atoms with E-state index in [0.717, 1.165) is 11.1 Å². The van der Waals surface area contributed by atoms with Crippen LogP contribution in [0.5, 0.6) is 0 Å². The molecule has 0 aliphatic heterocycles. The molecule has 0 aliphatic carbocycles. The summed E-state index contributed by atoms with van der Waals surface area (Å²) in [6, 6.07) is 10.3. The van der Waals surface area contributed by atoms with E-state index in [9.17, 15) is 0 Å². The molecule has 0 N–H and O–H groups in total. The Morgan fingerprint density at radius 1 is 1.17 bits per heavy atom. The van der Waals surface area contributed by atoms with Crippen molar-refractivity contribution >= 4 is 5.57 Å². The molecule has 1 nitrogen and oxygen atoms in total. The van der Waals surface area contributed by atoms with Gasteiger partial charge in [-0.25, -0.2) is 0 Å². The average molecular weight is 239 g/mol. The zero-order valence-electron chi connectivity index (χ0n) is 11.7. The second-order valence-corrected chi connectivity index (χ2v) is 3.58. The van der Waals surface area contributed by atoms with Gasteiger partial charge < -0.3 is 0 Å². The highest BCUT2D eigenvalue weighted by atomic mass is 14.2. The van der Waals surface area contributed by atoms with Crippen LogP contribution in [0.1, 0.15) is 31.9 Å². The first-order valence-corrected chi connectivity index (χ1v) is 6.18. The van der Waals surface area contributed by atoms with E-state index in [0.29, 0.717) is 5.57 Å². The number of aryl methyl sites for hydroxylation is 1. The van der Waals surface area contributed by atoms with E-state index >= 15 is 0 Å². The van der Waals surface area contributed by atoms with Gasteiger partial charge in [-0.3, -0.25) is 0 Å². The average Bonchev–Trinajstić information content (AvgIpc) is 2.43. The lowest BCUT2D eigenvalue weighted by molar-refractivity contribution is 1.45. The quantitative estimate of drug-likeness (QED) is 0.534. The topological polar surface area (TPSA) is 23.8 Å². The first-order chi connectivity index (χ1) is 8.67. The fourth-order valence-corrected chi connectivity index (χ4v) is 1.33. The van der Waals surface area contributed by atoms with Gasteiger partial charge in [0.05, 0.1) is 6.07 Å². The third-order valence-electron chi connectivity index (χ3n) is 2.30. The van der Waals surface area contributed by atoms with Gasteiger partial charge in [-0.15, -0.1) is 0 Å². The largest absolute Gasteiger partial charge is 0.192 e. The molecule has 0 heterocycles. The predicted molar refractivity (Wildman–Crippen MR) is 80.1 cm³/mol. The van der Waals surface area contributed by atoms with Crippen molar-refractivity contribution in [3.63, 3.8) is 0 Å². The monoisotopic (exact) mass is 239 g/mol. The Labute approximate surface area is 111 Å². The Hall–Kier alpha value is -2.07. The molecule has 0 radical (unpaired) electrons. The summed E-state index contributed by atoms with van der Waals surface area (Å²) in [4.78, 5) is 0. The van der Waals surface area contributed by atoms with Gasteiger partial charge in [-0.2, -0.15) is 5.26 Å². The molecule has 0 saturated heterocycles. The standard InChI is InChI=1S/C15H15N.C2H6/c1-4-14(8-7-13(3)11-16)15-9-5-12(2)6-10-15;1-2/h4-10H,3H2,1-2H3;1-2H3/b8-7-,14-4+;. The Morgan fingerprint density at radius 3 is 2.17 bits per heavy atom. The SMILES string of the molecule is C=C(C#N)/C=C\C(=C/C)c1ccc(C)cc1.CC. The van der Waals surface area contributed by atoms with E-state index in [1.54, 1.807) is 6.08 Å². The Kier molecular flexibility index (Phi) is 7.98. The van der Waals surface area contributed by atoms with Crippen molar-refractivity contribution in [3.8, 4) is 6.07 Å². The van der Waals surface area contributed by atoms with E-state index < -0.39 is 0 Å². The Morgan fingerprint density at radius 2 is 1.72 bits per heavy atom. The lowest BCUT2D eigenvalue weighted by Crippen LogP contribution is -1.81. The van der Waals surface area contributed by atoms with Crippen LogP contribution in [-0.4, -0.2) is 0 Å². The van der Waals surface area contributed by atoms with Crippen molar-refractivity contribution in [2.24, 2.45) is 0 Å². The smallest absolute Gasteiger partial charge is 0.0985 e. The van der Waals surface area contributed by atoms with E-state index in [4.69, 9.17) is 5.26 Å². The molecule has 0 spiro atoms. The van der Waals surface area contributed by atoms with Crippen molar-refractivity contribution in [1.29, 1.82) is 5.26 Å². The first kappa shape index (κ1) is 15.9. The van der Waals surface area contributed by atoms with E-state index in [-0.39, 0.29) is 0 Å². The van der Waals surface area contributed by atoms with Crippen LogP contribution >= 0.6 is 0 Å². The Balaban J connectivity index is 0.00000137. The third-order valence-corrected chi connectivity index (χ3v) is 2.30. The van der Waals surface area contributed by atoms with E-state index in [1.807, 2.05) is 39.0 Å². The molecular formula is C17H21N. The normalized spacial score (nSPS) is 10.5. The molecule has 94 valence electrons. The molecule has 0 aromatic heterocycles. The van der Waals surface area contributed by atoms with Crippen LogP contribution in [0.2, 0.25) is 0 Å². The molecule has 0 atom stereocenters. The summed E-state index contributed by atoms with van der Waals surface area (Å²) in [6.45, 7) is 11.7. The molecule has 18 heavy (non-hydrogen) atoms. The van der Waals surface area contributed by atoms with Crippen molar-refractivity contribution < 1.29 is 0 Å². The first-order valence-electron chi connectivity index (χ1n) is 6.18. The van der Waals surface area contributed by atoms with Crippen LogP contribution < -0.4 is 0 Å². The molecule has 1 aromatic rings. The summed E-state index contributed by atoms with van der Waals surface area (Å²) in [5, 5.41) is 8.61. The fourth-order valence-electron chi connectivity index (χ4n) is 1.33. The van der Waals surface area contributed by atoms with Crippen molar-refractivity contribution in [3.05, 3.63) is 65.8 Å². The van der Waals surface area contributed by atoms with Crippen LogP contribution in [0.3, 0.4) is 0 Å². The molecule has 1 aromatic carbocycles. The summed E-state index contributed by atoms with van der Waals surface area (Å²) in [6.07, 6.45) is 5.66. The second-order valence-electron chi connectivity index (χ2n) is 3.58. The van der Waals surface area contributed by atoms with Gasteiger partial charge in [-0.1, -0.05) is 62.4 Å². The van der Waals surface area contributed by atoms with E-state index in [1.165, 1.54) is 5.56 Å². The van der Waals surface area contributed by atoms with Crippen LogP contribution in [0.15, 0.2) is 54.6 Å². The minimum Gasteiger partial charge on any atom is -0.192 e. The number of rotatable bonds is 3. The maximum Gasteiger partial charge on any atom is 0.0985 e. The molecular weight excluding hydrogens is 218 g/mol. The molecule has 0 bridgehead atoms. The van der Waals surface area contributed by atoms with Crippen molar-refractivity contribution in [2.75, 3.05) is 0 Å². The van der Waals surface area contributed by atoms with Crippen LogP contribution in [-0.2, 0) is 0 Å². The molecule has 0 saturated carbocycles. The lowest BCUT2D eigenvalue weighted by atomic mass is 10.0. The summed E-state index contributed by atoms with van der Waals surface area (Å²) < 4.78 is 0. The van der Waals surface area contributed by atoms with Gasteiger partial charge >= 0.3 is 0 Å². The summed E-state index contributed by atoms with van der Waals surface area (Å²) in [5.74, 6) is 0. The highest BCUT2D eigenvalue weighted by Gasteiger charge is 1.96. The number of allylic oxidation sites excluding steroid dienone is 5. The highest BCUT2D eigenvalue weighted by Crippen LogP contribution is 2.17. The van der Waals surface area contributed by atoms with Gasteiger partial charge in [0.2, 0.25) is 0 Å². The maximum absolute atomic E-state index is 8.61. The molecule has 0 fully saturated rings. The number of nitrogens with zero attached hydrogens (tertiary/aromatic N) is 1. The number of benzene rings is 1. The second kappa shape index (κ2) is 9.01. The lowest BCUT2D eigenvalue weighted by Gasteiger charge is -2.02. The molecule has 1 rings (SSSR count). The highest BCUT2D eigenvalue weighted by molar-refractivity contribution is 5.74. The fraction of sp³-hybridized carbons (Fsp3) is 0.235. The summed E-state index contributed by atoms with van der Waals surface area (Å²) in [7, 11) is 0. The summed E-state index contributed by atoms with van der Waals surface area (Å²) in [5.41, 5.74) is 3.95. The van der Waals surface area contributed by atoms with Crippen molar-refractivity contribution in [1.82, 2.24) is 0 Å². The number of hydrogen-bond donors (Lipinski definition) is 0. The van der Waals surface area contributed by atoms with Gasteiger partial charge in [0, 0.05) is 5.57 Å². The zero-order chi connectivity index (χ0) is 14.0. The molecule has 0 unspecified atom stereocenters. The molecule has 1 heteroatoms. The molecule has 0 amide bonds. The number of nitriles is 1. The van der Waals surface area contributed by atoms with Gasteiger partial charge in [-0.05, 0) is 31.1 Å². The molecule has 0 aliphatic rings. The number of hydrogen-bond acceptors (Lipinski definition) is 1. The van der Waals surface area contributed by atoms with Crippen LogP contribution in [0.25, 0.3) is 5.57 Å². The van der Waals surface area contributed by atoms with E-state index in [2.05, 4.69) is 37.8 Å². The Bertz CT molecular complexity index is 467. The van der Waals surface area contributed by atoms with Crippen LogP contribution in [0, 0.1) is 18.3 Å². The zero-order valence-corrected chi connectivity index (χ0v) is 11.7. The van der Waals surface area contributed by atoms with Crippen molar-refractivity contribution in [2.45, 2.75) is 27.7 Å². The summed E-state index contributed by atoms with van der Waals surface area (Å²) >= 11 is 0. The van der Waals surface area contributed by atoms with Gasteiger partial charge in [0.1, 0.15) is 0 Å². The minimum absolute atomic E-state index is 0.464. The van der Waals surface area contributed by atoms with Gasteiger partial charge in [0.15, 0.2) is 0 Å². The van der Waals surface area contributed by atoms with Crippen LogP contribution in [0.4, 0.5) is 0 Å². The van der Waals surface area contributed by atoms with Gasteiger partial charge in [0.25, 0.3) is 0 Å². The third kappa shape index (κ3) is 5.32. The minimum atomic E-state index is 0.464.